The third-order valence-electron chi connectivity index (χ3n) is 3.04. The Morgan fingerprint density at radius 1 is 1.40 bits per heavy atom. The van der Waals surface area contributed by atoms with Crippen molar-refractivity contribution >= 4 is 28.8 Å². The SMILES string of the molecule is [CH2]CC=Nn1c(COCC)nc2c(Cl)nc(C)c(C)c21. The molecule has 0 aliphatic heterocycles. The third-order valence-corrected chi connectivity index (χ3v) is 3.31. The molecule has 1 radical (unpaired) electrons. The maximum atomic E-state index is 6.20. The fraction of sp³-hybridized carbons (Fsp3) is 0.429. The second-order valence-electron chi connectivity index (χ2n) is 4.37. The molecule has 2 aromatic heterocycles. The Bertz CT molecular complexity index is 648. The average molecular weight is 294 g/mol. The van der Waals surface area contributed by atoms with Crippen LogP contribution >= 0.6 is 11.6 Å². The molecule has 0 fully saturated rings. The molecule has 0 bridgehead atoms. The van der Waals surface area contributed by atoms with E-state index in [4.69, 9.17) is 16.3 Å². The molecule has 0 N–H and O–H groups in total. The lowest BCUT2D eigenvalue weighted by Gasteiger charge is -2.06. The van der Waals surface area contributed by atoms with E-state index in [-0.39, 0.29) is 0 Å². The summed E-state index contributed by atoms with van der Waals surface area (Å²) < 4.78 is 7.21. The first-order valence-corrected chi connectivity index (χ1v) is 6.91. The van der Waals surface area contributed by atoms with Gasteiger partial charge < -0.3 is 4.74 Å². The summed E-state index contributed by atoms with van der Waals surface area (Å²) in [6.07, 6.45) is 2.34. The molecule has 20 heavy (non-hydrogen) atoms. The number of pyridine rings is 1. The van der Waals surface area contributed by atoms with E-state index in [1.54, 1.807) is 10.9 Å². The monoisotopic (exact) mass is 293 g/mol. The van der Waals surface area contributed by atoms with Crippen LogP contribution in [0.5, 0.6) is 0 Å². The quantitative estimate of drug-likeness (QED) is 0.628. The lowest BCUT2D eigenvalue weighted by molar-refractivity contribution is 0.126. The van der Waals surface area contributed by atoms with Crippen molar-refractivity contribution in [1.82, 2.24) is 14.6 Å². The van der Waals surface area contributed by atoms with Crippen molar-refractivity contribution in [2.24, 2.45) is 5.10 Å². The molecule has 0 saturated heterocycles. The van der Waals surface area contributed by atoms with Gasteiger partial charge in [-0.05, 0) is 39.7 Å². The molecule has 2 aromatic rings. The Labute approximate surface area is 123 Å². The van der Waals surface area contributed by atoms with E-state index in [1.165, 1.54) is 0 Å². The van der Waals surface area contributed by atoms with E-state index in [2.05, 4.69) is 22.0 Å². The fourth-order valence-electron chi connectivity index (χ4n) is 1.94. The second-order valence-corrected chi connectivity index (χ2v) is 4.73. The number of nitrogens with zero attached hydrogens (tertiary/aromatic N) is 4. The van der Waals surface area contributed by atoms with Crippen molar-refractivity contribution in [3.05, 3.63) is 29.2 Å². The van der Waals surface area contributed by atoms with Gasteiger partial charge in [-0.15, -0.1) is 0 Å². The molecular weight excluding hydrogens is 276 g/mol. The number of hydrogen-bond acceptors (Lipinski definition) is 4. The number of aromatic nitrogens is 3. The van der Waals surface area contributed by atoms with Crippen LogP contribution in [0.2, 0.25) is 5.15 Å². The van der Waals surface area contributed by atoms with Crippen LogP contribution in [0, 0.1) is 20.8 Å². The van der Waals surface area contributed by atoms with Gasteiger partial charge in [0.25, 0.3) is 0 Å². The highest BCUT2D eigenvalue weighted by atomic mass is 35.5. The van der Waals surface area contributed by atoms with Crippen LogP contribution in [-0.2, 0) is 11.3 Å². The molecule has 2 rings (SSSR count). The molecule has 6 heteroatoms. The minimum atomic E-state index is 0.383. The van der Waals surface area contributed by atoms with Gasteiger partial charge in [0.05, 0.1) is 0 Å². The van der Waals surface area contributed by atoms with Crippen molar-refractivity contribution in [3.63, 3.8) is 0 Å². The van der Waals surface area contributed by atoms with E-state index in [0.717, 1.165) is 16.8 Å². The normalized spacial score (nSPS) is 11.8. The maximum absolute atomic E-state index is 6.20. The molecule has 0 spiro atoms. The average Bonchev–Trinajstić information content (AvgIpc) is 2.79. The Balaban J connectivity index is 2.70. The predicted molar refractivity (Wildman–Crippen MR) is 81.2 cm³/mol. The van der Waals surface area contributed by atoms with Crippen LogP contribution in [0.1, 0.15) is 30.4 Å². The van der Waals surface area contributed by atoms with Gasteiger partial charge in [0, 0.05) is 18.5 Å². The van der Waals surface area contributed by atoms with Gasteiger partial charge in [0.1, 0.15) is 17.6 Å². The molecule has 2 heterocycles. The van der Waals surface area contributed by atoms with Gasteiger partial charge >= 0.3 is 0 Å². The first kappa shape index (κ1) is 14.9. The van der Waals surface area contributed by atoms with Gasteiger partial charge in [0.2, 0.25) is 0 Å². The lowest BCUT2D eigenvalue weighted by Crippen LogP contribution is -2.02. The fourth-order valence-corrected chi connectivity index (χ4v) is 2.20. The third kappa shape index (κ3) is 2.69. The molecule has 0 atom stereocenters. The summed E-state index contributed by atoms with van der Waals surface area (Å²) in [5.41, 5.74) is 3.42. The molecule has 107 valence electrons. The summed E-state index contributed by atoms with van der Waals surface area (Å²) in [7, 11) is 0. The zero-order valence-electron chi connectivity index (χ0n) is 12.0. The first-order chi connectivity index (χ1) is 9.60. The molecule has 0 aromatic carbocycles. The highest BCUT2D eigenvalue weighted by Crippen LogP contribution is 2.27. The zero-order chi connectivity index (χ0) is 14.7. The molecule has 0 aliphatic rings. The van der Waals surface area contributed by atoms with Crippen molar-refractivity contribution in [1.29, 1.82) is 0 Å². The Hall–Kier alpha value is -1.46. The number of imidazole rings is 1. The number of aryl methyl sites for hydroxylation is 2. The lowest BCUT2D eigenvalue weighted by atomic mass is 10.2. The van der Waals surface area contributed by atoms with Crippen LogP contribution in [0.3, 0.4) is 0 Å². The molecule has 0 saturated carbocycles. The van der Waals surface area contributed by atoms with E-state index in [1.807, 2.05) is 20.8 Å². The zero-order valence-corrected chi connectivity index (χ0v) is 12.7. The van der Waals surface area contributed by atoms with Gasteiger partial charge in [-0.1, -0.05) is 11.6 Å². The first-order valence-electron chi connectivity index (χ1n) is 6.54. The number of hydrogen-bond donors (Lipinski definition) is 0. The molecule has 0 amide bonds. The minimum Gasteiger partial charge on any atom is -0.374 e. The summed E-state index contributed by atoms with van der Waals surface area (Å²) in [5, 5.41) is 4.80. The van der Waals surface area contributed by atoms with Gasteiger partial charge in [-0.3, -0.25) is 0 Å². The number of rotatable bonds is 5. The van der Waals surface area contributed by atoms with Gasteiger partial charge in [-0.2, -0.15) is 5.10 Å². The topological polar surface area (TPSA) is 52.3 Å². The molecule has 5 nitrogen and oxygen atoms in total. The van der Waals surface area contributed by atoms with E-state index in [0.29, 0.717) is 36.1 Å². The molecule has 0 unspecified atom stereocenters. The van der Waals surface area contributed by atoms with E-state index < -0.39 is 0 Å². The van der Waals surface area contributed by atoms with Crippen molar-refractivity contribution in [2.45, 2.75) is 33.8 Å². The largest absolute Gasteiger partial charge is 0.374 e. The van der Waals surface area contributed by atoms with Crippen LogP contribution in [0.15, 0.2) is 5.10 Å². The van der Waals surface area contributed by atoms with Gasteiger partial charge in [-0.25, -0.2) is 14.6 Å². The summed E-state index contributed by atoms with van der Waals surface area (Å²) >= 11 is 6.20. The smallest absolute Gasteiger partial charge is 0.157 e. The molecular formula is C14H18ClN4O. The summed E-state index contributed by atoms with van der Waals surface area (Å²) in [5.74, 6) is 0.712. The minimum absolute atomic E-state index is 0.383. The van der Waals surface area contributed by atoms with Crippen LogP contribution in [-0.4, -0.2) is 27.5 Å². The molecule has 0 aliphatic carbocycles. The maximum Gasteiger partial charge on any atom is 0.157 e. The summed E-state index contributed by atoms with van der Waals surface area (Å²) in [6.45, 7) is 10.6. The summed E-state index contributed by atoms with van der Waals surface area (Å²) in [4.78, 5) is 8.81. The second kappa shape index (κ2) is 6.33. The Morgan fingerprint density at radius 3 is 2.80 bits per heavy atom. The highest BCUT2D eigenvalue weighted by Gasteiger charge is 2.17. The van der Waals surface area contributed by atoms with E-state index in [9.17, 15) is 0 Å². The van der Waals surface area contributed by atoms with Gasteiger partial charge in [0.15, 0.2) is 11.0 Å². The number of ether oxygens (including phenoxy) is 1. The van der Waals surface area contributed by atoms with Crippen molar-refractivity contribution in [3.8, 4) is 0 Å². The standard InChI is InChI=1S/C14H18ClN4O/c1-5-7-16-19-11(8-20-6-2)18-12-13(19)9(3)10(4)17-14(12)15/h7H,1,5-6,8H2,2-4H3. The van der Waals surface area contributed by atoms with Crippen LogP contribution < -0.4 is 0 Å². The summed E-state index contributed by atoms with van der Waals surface area (Å²) in [6, 6.07) is 0. The van der Waals surface area contributed by atoms with Crippen molar-refractivity contribution in [2.75, 3.05) is 6.61 Å². The Kier molecular flexibility index (Phi) is 4.73. The van der Waals surface area contributed by atoms with E-state index >= 15 is 0 Å². The predicted octanol–water partition coefficient (Wildman–Crippen LogP) is 3.30. The van der Waals surface area contributed by atoms with Crippen LogP contribution in [0.25, 0.3) is 11.0 Å². The highest BCUT2D eigenvalue weighted by molar-refractivity contribution is 6.33. The number of halogens is 1. The van der Waals surface area contributed by atoms with Crippen LogP contribution in [0.4, 0.5) is 0 Å². The van der Waals surface area contributed by atoms with Crippen molar-refractivity contribution < 1.29 is 4.74 Å². The Morgan fingerprint density at radius 2 is 2.15 bits per heavy atom. The number of fused-ring (bicyclic) bond motifs is 1.